The second-order valence-corrected chi connectivity index (χ2v) is 3.63. The molecule has 0 aliphatic carbocycles. The molecule has 0 aromatic carbocycles. The van der Waals surface area contributed by atoms with Crippen molar-refractivity contribution in [3.63, 3.8) is 0 Å². The zero-order valence-electron chi connectivity index (χ0n) is 8.95. The van der Waals surface area contributed by atoms with Crippen LogP contribution in [0.5, 0.6) is 5.75 Å². The summed E-state index contributed by atoms with van der Waals surface area (Å²) in [4.78, 5) is 3.07. The Hall–Kier alpha value is -1.09. The van der Waals surface area contributed by atoms with E-state index in [1.807, 2.05) is 26.1 Å². The number of hydrogen-bond acceptors (Lipinski definition) is 3. The van der Waals surface area contributed by atoms with Gasteiger partial charge in [0, 0.05) is 18.2 Å². The Kier molecular flexibility index (Phi) is 5.12. The van der Waals surface area contributed by atoms with Crippen molar-refractivity contribution in [3.05, 3.63) is 30.0 Å². The Balaban J connectivity index is 2.59. The summed E-state index contributed by atoms with van der Waals surface area (Å²) in [5.41, 5.74) is 2.69. The number of aromatic nitrogens is 1. The molecule has 1 heterocycles. The van der Waals surface area contributed by atoms with E-state index in [9.17, 15) is 0 Å². The van der Waals surface area contributed by atoms with E-state index in [0.29, 0.717) is 6.61 Å². The summed E-state index contributed by atoms with van der Waals surface area (Å²) in [6.45, 7) is 7.95. The molecule has 1 atom stereocenters. The fourth-order valence-corrected chi connectivity index (χ4v) is 1.64. The molecule has 1 aromatic heterocycles. The van der Waals surface area contributed by atoms with Crippen LogP contribution in [0.25, 0.3) is 0 Å². The van der Waals surface area contributed by atoms with Crippen LogP contribution in [0.1, 0.15) is 13.8 Å². The van der Waals surface area contributed by atoms with Crippen molar-refractivity contribution in [1.29, 1.82) is 0 Å². The predicted octanol–water partition coefficient (Wildman–Crippen LogP) is 3.17. The molecular formula is C11H15NO2S. The van der Waals surface area contributed by atoms with Crippen LogP contribution in [0.4, 0.5) is 0 Å². The van der Waals surface area contributed by atoms with Crippen molar-refractivity contribution < 1.29 is 9.47 Å². The van der Waals surface area contributed by atoms with Gasteiger partial charge in [-0.2, -0.15) is 0 Å². The van der Waals surface area contributed by atoms with Crippen LogP contribution >= 0.6 is 11.8 Å². The molecule has 1 rings (SSSR count). The molecule has 0 radical (unpaired) electrons. The molecule has 0 spiro atoms. The third kappa shape index (κ3) is 3.88. The smallest absolute Gasteiger partial charge is 0.197 e. The van der Waals surface area contributed by atoms with E-state index in [1.54, 1.807) is 5.41 Å². The SMILES string of the molecule is C=C=CSc1[nH]ccc1OC(C)OCC. The topological polar surface area (TPSA) is 34.2 Å². The molecule has 0 aliphatic rings. The van der Waals surface area contributed by atoms with Crippen LogP contribution in [-0.4, -0.2) is 17.9 Å². The average Bonchev–Trinajstić information content (AvgIpc) is 2.63. The van der Waals surface area contributed by atoms with E-state index in [4.69, 9.17) is 9.47 Å². The third-order valence-electron chi connectivity index (χ3n) is 1.63. The fourth-order valence-electron chi connectivity index (χ4n) is 1.07. The van der Waals surface area contributed by atoms with Gasteiger partial charge in [0.05, 0.1) is 0 Å². The number of thioether (sulfide) groups is 1. The lowest BCUT2D eigenvalue weighted by Crippen LogP contribution is -2.15. The first kappa shape index (κ1) is 12.0. The summed E-state index contributed by atoms with van der Waals surface area (Å²) in [6, 6.07) is 1.87. The molecule has 0 aliphatic heterocycles. The third-order valence-corrected chi connectivity index (χ3v) is 2.47. The number of hydrogen-bond donors (Lipinski definition) is 1. The molecule has 0 fully saturated rings. The number of H-pyrrole nitrogens is 1. The molecule has 15 heavy (non-hydrogen) atoms. The number of rotatable bonds is 6. The minimum Gasteiger partial charge on any atom is -0.462 e. The van der Waals surface area contributed by atoms with Gasteiger partial charge >= 0.3 is 0 Å². The van der Waals surface area contributed by atoms with Crippen LogP contribution in [0.3, 0.4) is 0 Å². The lowest BCUT2D eigenvalue weighted by molar-refractivity contribution is -0.0627. The van der Waals surface area contributed by atoms with Crippen LogP contribution in [0.15, 0.2) is 35.0 Å². The van der Waals surface area contributed by atoms with Crippen molar-refractivity contribution >= 4 is 11.8 Å². The van der Waals surface area contributed by atoms with E-state index in [0.717, 1.165) is 10.8 Å². The normalized spacial score (nSPS) is 11.9. The summed E-state index contributed by atoms with van der Waals surface area (Å²) < 4.78 is 10.9. The highest BCUT2D eigenvalue weighted by Crippen LogP contribution is 2.28. The second-order valence-electron chi connectivity index (χ2n) is 2.75. The maximum absolute atomic E-state index is 5.58. The molecule has 0 amide bonds. The Morgan fingerprint density at radius 3 is 3.20 bits per heavy atom. The highest BCUT2D eigenvalue weighted by atomic mass is 32.2. The largest absolute Gasteiger partial charge is 0.462 e. The van der Waals surface area contributed by atoms with Crippen molar-refractivity contribution in [2.45, 2.75) is 25.2 Å². The predicted molar refractivity (Wildman–Crippen MR) is 62.1 cm³/mol. The Morgan fingerprint density at radius 1 is 1.73 bits per heavy atom. The summed E-state index contributed by atoms with van der Waals surface area (Å²) in [6.07, 6.45) is 1.59. The molecule has 1 N–H and O–H groups in total. The summed E-state index contributed by atoms with van der Waals surface area (Å²) in [5.74, 6) is 0.785. The lowest BCUT2D eigenvalue weighted by atomic mass is 10.6. The first-order valence-corrected chi connectivity index (χ1v) is 5.62. The number of nitrogens with one attached hydrogen (secondary N) is 1. The highest BCUT2D eigenvalue weighted by molar-refractivity contribution is 8.02. The zero-order chi connectivity index (χ0) is 11.1. The van der Waals surface area contributed by atoms with Gasteiger partial charge in [0.15, 0.2) is 12.0 Å². The van der Waals surface area contributed by atoms with Crippen LogP contribution in [0.2, 0.25) is 0 Å². The van der Waals surface area contributed by atoms with Gasteiger partial charge in [-0.15, -0.1) is 5.73 Å². The zero-order valence-corrected chi connectivity index (χ0v) is 9.76. The minimum absolute atomic E-state index is 0.238. The standard InChI is InChI=1S/C11H15NO2S/c1-4-8-15-11-10(6-7-12-11)14-9(3)13-5-2/h6-9,12H,1,5H2,2-3H3. The summed E-state index contributed by atoms with van der Waals surface area (Å²) >= 11 is 1.48. The first-order chi connectivity index (χ1) is 7.27. The van der Waals surface area contributed by atoms with Crippen molar-refractivity contribution in [1.82, 2.24) is 4.98 Å². The Bertz CT molecular complexity index is 342. The quantitative estimate of drug-likeness (QED) is 0.459. The molecule has 0 saturated carbocycles. The van der Waals surface area contributed by atoms with Crippen molar-refractivity contribution in [2.75, 3.05) is 6.61 Å². The van der Waals surface area contributed by atoms with Gasteiger partial charge in [0.2, 0.25) is 0 Å². The van der Waals surface area contributed by atoms with Gasteiger partial charge in [-0.25, -0.2) is 0 Å². The van der Waals surface area contributed by atoms with Gasteiger partial charge < -0.3 is 14.5 Å². The van der Waals surface area contributed by atoms with Gasteiger partial charge in [0.25, 0.3) is 0 Å². The molecule has 82 valence electrons. The monoisotopic (exact) mass is 225 g/mol. The minimum atomic E-state index is -0.238. The van der Waals surface area contributed by atoms with Crippen molar-refractivity contribution in [3.8, 4) is 5.75 Å². The van der Waals surface area contributed by atoms with Gasteiger partial charge in [-0.1, -0.05) is 18.3 Å². The Labute approximate surface area is 94.2 Å². The summed E-state index contributed by atoms with van der Waals surface area (Å²) in [7, 11) is 0. The summed E-state index contributed by atoms with van der Waals surface area (Å²) in [5, 5.41) is 2.70. The van der Waals surface area contributed by atoms with Crippen LogP contribution in [0, 0.1) is 0 Å². The molecule has 3 nitrogen and oxygen atoms in total. The maximum Gasteiger partial charge on any atom is 0.197 e. The molecule has 0 bridgehead atoms. The van der Waals surface area contributed by atoms with E-state index in [1.165, 1.54) is 11.8 Å². The Morgan fingerprint density at radius 2 is 2.53 bits per heavy atom. The van der Waals surface area contributed by atoms with Gasteiger partial charge in [0.1, 0.15) is 5.03 Å². The van der Waals surface area contributed by atoms with E-state index < -0.39 is 0 Å². The van der Waals surface area contributed by atoms with Gasteiger partial charge in [-0.05, 0) is 19.9 Å². The number of ether oxygens (including phenoxy) is 2. The van der Waals surface area contributed by atoms with Gasteiger partial charge in [-0.3, -0.25) is 0 Å². The number of aromatic amines is 1. The first-order valence-electron chi connectivity index (χ1n) is 4.74. The molecule has 0 saturated heterocycles. The van der Waals surface area contributed by atoms with Crippen LogP contribution in [-0.2, 0) is 4.74 Å². The fraction of sp³-hybridized carbons (Fsp3) is 0.364. The highest BCUT2D eigenvalue weighted by Gasteiger charge is 2.08. The molecule has 1 aromatic rings. The molecule has 4 heteroatoms. The molecule has 1 unspecified atom stereocenters. The lowest BCUT2D eigenvalue weighted by Gasteiger charge is -2.13. The van der Waals surface area contributed by atoms with Crippen molar-refractivity contribution in [2.24, 2.45) is 0 Å². The van der Waals surface area contributed by atoms with E-state index >= 15 is 0 Å². The van der Waals surface area contributed by atoms with E-state index in [2.05, 4.69) is 17.3 Å². The second kappa shape index (κ2) is 6.40. The van der Waals surface area contributed by atoms with Crippen LogP contribution < -0.4 is 4.74 Å². The average molecular weight is 225 g/mol. The maximum atomic E-state index is 5.58. The molecular weight excluding hydrogens is 210 g/mol. The van der Waals surface area contributed by atoms with E-state index in [-0.39, 0.29) is 6.29 Å².